The molecule has 0 radical (unpaired) electrons. The van der Waals surface area contributed by atoms with Gasteiger partial charge in [0.1, 0.15) is 5.52 Å². The minimum absolute atomic E-state index is 0.0622. The molecule has 1 amide bonds. The van der Waals surface area contributed by atoms with E-state index in [1.165, 1.54) is 18.2 Å². The first-order valence-electron chi connectivity index (χ1n) is 7.19. The monoisotopic (exact) mass is 363 g/mol. The van der Waals surface area contributed by atoms with E-state index in [4.69, 9.17) is 17.3 Å². The van der Waals surface area contributed by atoms with Crippen LogP contribution in [0, 0.1) is 0 Å². The van der Waals surface area contributed by atoms with E-state index in [2.05, 4.69) is 4.98 Å². The van der Waals surface area contributed by atoms with E-state index in [0.717, 1.165) is 22.9 Å². The molecule has 0 saturated carbocycles. The van der Waals surface area contributed by atoms with Crippen molar-refractivity contribution in [3.8, 4) is 0 Å². The maximum absolute atomic E-state index is 13.2. The van der Waals surface area contributed by atoms with Gasteiger partial charge < -0.3 is 17.3 Å². The fourth-order valence-electron chi connectivity index (χ4n) is 2.69. The highest BCUT2D eigenvalue weighted by atomic mass is 19.4. The van der Waals surface area contributed by atoms with Crippen LogP contribution in [0.3, 0.4) is 0 Å². The van der Waals surface area contributed by atoms with Crippen LogP contribution in [0.2, 0.25) is 0 Å². The Labute approximate surface area is 144 Å². The summed E-state index contributed by atoms with van der Waals surface area (Å²) >= 11 is 0. The number of aromatic nitrogens is 2. The highest BCUT2D eigenvalue weighted by Crippen LogP contribution is 2.34. The molecule has 0 unspecified atom stereocenters. The average molecular weight is 363 g/mol. The molecule has 26 heavy (non-hydrogen) atoms. The van der Waals surface area contributed by atoms with Crippen molar-refractivity contribution >= 4 is 28.7 Å². The molecule has 0 atom stereocenters. The van der Waals surface area contributed by atoms with E-state index in [1.807, 2.05) is 0 Å². The number of hydrogen-bond donors (Lipinski definition) is 3. The van der Waals surface area contributed by atoms with Gasteiger partial charge in [0.2, 0.25) is 5.95 Å². The number of nitrogens with two attached hydrogens (primary N) is 3. The number of anilines is 1. The van der Waals surface area contributed by atoms with Gasteiger partial charge in [-0.25, -0.2) is 9.66 Å². The second-order valence-corrected chi connectivity index (χ2v) is 5.43. The largest absolute Gasteiger partial charge is 0.417 e. The molecule has 3 aromatic rings. The number of halogens is 3. The third-order valence-corrected chi connectivity index (χ3v) is 3.86. The minimum Gasteiger partial charge on any atom is -0.368 e. The third kappa shape index (κ3) is 2.61. The minimum atomic E-state index is -4.74. The summed E-state index contributed by atoms with van der Waals surface area (Å²) in [7, 11) is 0. The average Bonchev–Trinajstić information content (AvgIpc) is 2.87. The predicted molar refractivity (Wildman–Crippen MR) is 87.7 cm³/mol. The lowest BCUT2D eigenvalue weighted by molar-refractivity contribution is -0.137. The molecule has 0 aliphatic heterocycles. The van der Waals surface area contributed by atoms with Gasteiger partial charge in [-0.2, -0.15) is 13.2 Å². The summed E-state index contributed by atoms with van der Waals surface area (Å²) in [6, 6.07) is 6.75. The Bertz CT molecular complexity index is 1060. The normalized spacial score (nSPS) is 11.7. The first-order valence-corrected chi connectivity index (χ1v) is 7.19. The number of ketones is 1. The molecule has 0 saturated heterocycles. The SMILES string of the molecule is NC(=O)c1c(C(=O)c2ccccc2C(F)(F)F)ccc2c1nc(N)n2N. The van der Waals surface area contributed by atoms with E-state index >= 15 is 0 Å². The summed E-state index contributed by atoms with van der Waals surface area (Å²) in [6.45, 7) is 0. The highest BCUT2D eigenvalue weighted by molar-refractivity contribution is 6.19. The fourth-order valence-corrected chi connectivity index (χ4v) is 2.69. The second kappa shape index (κ2) is 5.76. The zero-order valence-corrected chi connectivity index (χ0v) is 13.0. The van der Waals surface area contributed by atoms with Crippen LogP contribution >= 0.6 is 0 Å². The quantitative estimate of drug-likeness (QED) is 0.481. The lowest BCUT2D eigenvalue weighted by Gasteiger charge is -2.13. The van der Waals surface area contributed by atoms with Gasteiger partial charge in [-0.3, -0.25) is 9.59 Å². The number of fused-ring (bicyclic) bond motifs is 1. The van der Waals surface area contributed by atoms with Crippen LogP contribution < -0.4 is 17.3 Å². The van der Waals surface area contributed by atoms with Gasteiger partial charge in [0.05, 0.1) is 16.6 Å². The van der Waals surface area contributed by atoms with E-state index in [9.17, 15) is 22.8 Å². The predicted octanol–water partition coefficient (Wildman–Crippen LogP) is 1.68. The Kier molecular flexibility index (Phi) is 3.82. The van der Waals surface area contributed by atoms with Crippen LogP contribution in [0.4, 0.5) is 19.1 Å². The summed E-state index contributed by atoms with van der Waals surface area (Å²) in [5.74, 6) is 3.46. The lowest BCUT2D eigenvalue weighted by Crippen LogP contribution is -2.20. The number of hydrogen-bond acceptors (Lipinski definition) is 5. The maximum atomic E-state index is 13.2. The van der Waals surface area contributed by atoms with Crippen LogP contribution in [0.1, 0.15) is 31.8 Å². The summed E-state index contributed by atoms with van der Waals surface area (Å²) in [4.78, 5) is 28.5. The molecule has 0 aliphatic rings. The van der Waals surface area contributed by atoms with Crippen molar-refractivity contribution in [3.63, 3.8) is 0 Å². The molecule has 6 N–H and O–H groups in total. The molecule has 0 spiro atoms. The number of nitrogen functional groups attached to an aromatic ring is 2. The van der Waals surface area contributed by atoms with Gasteiger partial charge in [-0.15, -0.1) is 0 Å². The summed E-state index contributed by atoms with van der Waals surface area (Å²) in [5, 5.41) is 0. The van der Waals surface area contributed by atoms with E-state index in [-0.39, 0.29) is 28.1 Å². The molecule has 0 fully saturated rings. The molecule has 1 heterocycles. The Hall–Kier alpha value is -3.56. The molecule has 0 aliphatic carbocycles. The Morgan fingerprint density at radius 2 is 1.69 bits per heavy atom. The first kappa shape index (κ1) is 17.3. The van der Waals surface area contributed by atoms with Gasteiger partial charge in [-0.05, 0) is 18.2 Å². The van der Waals surface area contributed by atoms with Crippen LogP contribution in [0.25, 0.3) is 11.0 Å². The topological polar surface area (TPSA) is 130 Å². The van der Waals surface area contributed by atoms with Crippen LogP contribution in [0.5, 0.6) is 0 Å². The lowest BCUT2D eigenvalue weighted by atomic mass is 9.93. The van der Waals surface area contributed by atoms with E-state index in [0.29, 0.717) is 0 Å². The summed E-state index contributed by atoms with van der Waals surface area (Å²) in [6.07, 6.45) is -4.74. The Morgan fingerprint density at radius 1 is 1.04 bits per heavy atom. The zero-order chi connectivity index (χ0) is 19.2. The van der Waals surface area contributed by atoms with Gasteiger partial charge in [0.15, 0.2) is 5.78 Å². The number of amides is 1. The molecular weight excluding hydrogens is 351 g/mol. The third-order valence-electron chi connectivity index (χ3n) is 3.86. The standard InChI is InChI=1S/C16H12F3N5O2/c17-16(18,19)9-4-2-1-3-7(9)13(25)8-5-6-10-12(11(8)14(20)26)23-15(21)24(10)22/h1-6H,22H2,(H2,20,26)(H2,21,23). The molecule has 134 valence electrons. The molecular formula is C16H12F3N5O2. The number of imidazole rings is 1. The fraction of sp³-hybridized carbons (Fsp3) is 0.0625. The number of nitrogens with zero attached hydrogens (tertiary/aromatic N) is 2. The molecule has 1 aromatic heterocycles. The molecule has 10 heteroatoms. The van der Waals surface area contributed by atoms with Crippen molar-refractivity contribution in [2.24, 2.45) is 5.73 Å². The Morgan fingerprint density at radius 3 is 2.31 bits per heavy atom. The zero-order valence-electron chi connectivity index (χ0n) is 13.0. The number of rotatable bonds is 3. The number of carbonyl (C=O) groups excluding carboxylic acids is 2. The molecule has 2 aromatic carbocycles. The summed E-state index contributed by atoms with van der Waals surface area (Å²) < 4.78 is 40.6. The molecule has 3 rings (SSSR count). The maximum Gasteiger partial charge on any atom is 0.417 e. The van der Waals surface area contributed by atoms with Crippen molar-refractivity contribution in [2.45, 2.75) is 6.18 Å². The van der Waals surface area contributed by atoms with E-state index in [1.54, 1.807) is 0 Å². The summed E-state index contributed by atoms with van der Waals surface area (Å²) in [5.41, 5.74) is 8.66. The van der Waals surface area contributed by atoms with Crippen molar-refractivity contribution < 1.29 is 22.8 Å². The van der Waals surface area contributed by atoms with Gasteiger partial charge in [0.25, 0.3) is 5.91 Å². The van der Waals surface area contributed by atoms with Crippen LogP contribution in [0.15, 0.2) is 36.4 Å². The van der Waals surface area contributed by atoms with Crippen molar-refractivity contribution in [1.82, 2.24) is 9.66 Å². The van der Waals surface area contributed by atoms with Crippen molar-refractivity contribution in [3.05, 3.63) is 58.7 Å². The molecule has 7 nitrogen and oxygen atoms in total. The smallest absolute Gasteiger partial charge is 0.368 e. The second-order valence-electron chi connectivity index (χ2n) is 5.43. The van der Waals surface area contributed by atoms with Crippen LogP contribution in [-0.4, -0.2) is 21.4 Å². The van der Waals surface area contributed by atoms with Gasteiger partial charge in [0, 0.05) is 11.1 Å². The van der Waals surface area contributed by atoms with Crippen molar-refractivity contribution in [1.29, 1.82) is 0 Å². The van der Waals surface area contributed by atoms with Gasteiger partial charge in [-0.1, -0.05) is 18.2 Å². The Balaban J connectivity index is 2.29. The van der Waals surface area contributed by atoms with Gasteiger partial charge >= 0.3 is 6.18 Å². The first-order chi connectivity index (χ1) is 12.1. The highest BCUT2D eigenvalue weighted by Gasteiger charge is 2.36. The number of primary amides is 1. The molecule has 0 bridgehead atoms. The number of benzene rings is 2. The van der Waals surface area contributed by atoms with Crippen molar-refractivity contribution in [2.75, 3.05) is 11.6 Å². The van der Waals surface area contributed by atoms with E-state index < -0.39 is 29.0 Å². The number of carbonyl (C=O) groups is 2. The number of alkyl halides is 3. The van der Waals surface area contributed by atoms with Crippen LogP contribution in [-0.2, 0) is 6.18 Å².